The fourth-order valence-corrected chi connectivity index (χ4v) is 2.42. The van der Waals surface area contributed by atoms with Gasteiger partial charge in [0, 0.05) is 19.6 Å². The van der Waals surface area contributed by atoms with Crippen LogP contribution in [-0.2, 0) is 4.79 Å². The SMILES string of the molecule is CC(C)(C)CC(CN)C(=O)N1CCC[C@H](O)C1. The number of likely N-dealkylation sites (tertiary alicyclic amines) is 1. The maximum Gasteiger partial charge on any atom is 0.227 e. The van der Waals surface area contributed by atoms with Crippen LogP contribution in [0.2, 0.25) is 0 Å². The molecule has 4 heteroatoms. The molecule has 0 aromatic rings. The van der Waals surface area contributed by atoms with Crippen LogP contribution >= 0.6 is 0 Å². The summed E-state index contributed by atoms with van der Waals surface area (Å²) < 4.78 is 0. The molecule has 2 atom stereocenters. The highest BCUT2D eigenvalue weighted by atomic mass is 16.3. The number of piperidine rings is 1. The lowest BCUT2D eigenvalue weighted by molar-refractivity contribution is -0.139. The molecule has 1 rings (SSSR count). The fraction of sp³-hybridized carbons (Fsp3) is 0.923. The lowest BCUT2D eigenvalue weighted by Crippen LogP contribution is -2.47. The quantitative estimate of drug-likeness (QED) is 0.775. The molecule has 1 aliphatic heterocycles. The zero-order valence-electron chi connectivity index (χ0n) is 11.3. The van der Waals surface area contributed by atoms with Gasteiger partial charge in [0.15, 0.2) is 0 Å². The molecule has 1 heterocycles. The number of carbonyl (C=O) groups excluding carboxylic acids is 1. The summed E-state index contributed by atoms with van der Waals surface area (Å²) in [6.07, 6.45) is 2.13. The first-order valence-corrected chi connectivity index (χ1v) is 6.50. The van der Waals surface area contributed by atoms with Crippen LogP contribution in [0.3, 0.4) is 0 Å². The molecule has 1 aliphatic rings. The van der Waals surface area contributed by atoms with Crippen LogP contribution in [-0.4, -0.2) is 41.7 Å². The van der Waals surface area contributed by atoms with Gasteiger partial charge in [-0.1, -0.05) is 20.8 Å². The van der Waals surface area contributed by atoms with E-state index in [1.165, 1.54) is 0 Å². The van der Waals surface area contributed by atoms with Crippen molar-refractivity contribution in [2.75, 3.05) is 19.6 Å². The monoisotopic (exact) mass is 242 g/mol. The van der Waals surface area contributed by atoms with Crippen LogP contribution in [0.15, 0.2) is 0 Å². The van der Waals surface area contributed by atoms with E-state index in [-0.39, 0.29) is 23.3 Å². The summed E-state index contributed by atoms with van der Waals surface area (Å²) in [7, 11) is 0. The molecule has 100 valence electrons. The van der Waals surface area contributed by atoms with Crippen LogP contribution in [0.25, 0.3) is 0 Å². The van der Waals surface area contributed by atoms with Gasteiger partial charge < -0.3 is 15.7 Å². The van der Waals surface area contributed by atoms with Crippen LogP contribution < -0.4 is 5.73 Å². The first-order valence-electron chi connectivity index (χ1n) is 6.50. The van der Waals surface area contributed by atoms with Gasteiger partial charge in [0.25, 0.3) is 0 Å². The molecule has 4 nitrogen and oxygen atoms in total. The van der Waals surface area contributed by atoms with Crippen molar-refractivity contribution >= 4 is 5.91 Å². The molecule has 1 unspecified atom stereocenters. The van der Waals surface area contributed by atoms with E-state index in [1.54, 1.807) is 4.90 Å². The number of amides is 1. The molecule has 0 radical (unpaired) electrons. The van der Waals surface area contributed by atoms with Crippen molar-refractivity contribution in [2.45, 2.75) is 46.1 Å². The van der Waals surface area contributed by atoms with Gasteiger partial charge in [0.1, 0.15) is 0 Å². The molecule has 0 bridgehead atoms. The Balaban J connectivity index is 2.59. The van der Waals surface area contributed by atoms with E-state index >= 15 is 0 Å². The largest absolute Gasteiger partial charge is 0.391 e. The van der Waals surface area contributed by atoms with Gasteiger partial charge in [-0.3, -0.25) is 4.79 Å². The summed E-state index contributed by atoms with van der Waals surface area (Å²) >= 11 is 0. The molecule has 3 N–H and O–H groups in total. The van der Waals surface area contributed by atoms with Crippen molar-refractivity contribution in [1.29, 1.82) is 0 Å². The number of carbonyl (C=O) groups is 1. The van der Waals surface area contributed by atoms with Crippen molar-refractivity contribution in [2.24, 2.45) is 17.1 Å². The van der Waals surface area contributed by atoms with Gasteiger partial charge in [-0.25, -0.2) is 0 Å². The number of aliphatic hydroxyl groups is 1. The Morgan fingerprint density at radius 2 is 2.18 bits per heavy atom. The standard InChI is InChI=1S/C13H26N2O2/c1-13(2,3)7-10(8-14)12(17)15-6-4-5-11(16)9-15/h10-11,16H,4-9,14H2,1-3H3/t10?,11-/m0/s1. The number of nitrogens with zero attached hydrogens (tertiary/aromatic N) is 1. The van der Waals surface area contributed by atoms with E-state index in [0.29, 0.717) is 13.1 Å². The van der Waals surface area contributed by atoms with Gasteiger partial charge in [0.05, 0.1) is 12.0 Å². The molecule has 1 saturated heterocycles. The Labute approximate surface area is 104 Å². The third-order valence-electron chi connectivity index (χ3n) is 3.20. The van der Waals surface area contributed by atoms with Gasteiger partial charge in [-0.05, 0) is 24.7 Å². The summed E-state index contributed by atoms with van der Waals surface area (Å²) in [4.78, 5) is 14.1. The van der Waals surface area contributed by atoms with E-state index in [2.05, 4.69) is 20.8 Å². The third-order valence-corrected chi connectivity index (χ3v) is 3.20. The molecular weight excluding hydrogens is 216 g/mol. The Morgan fingerprint density at radius 3 is 2.65 bits per heavy atom. The molecular formula is C13H26N2O2. The van der Waals surface area contributed by atoms with Gasteiger partial charge in [-0.2, -0.15) is 0 Å². The smallest absolute Gasteiger partial charge is 0.227 e. The van der Waals surface area contributed by atoms with Gasteiger partial charge in [-0.15, -0.1) is 0 Å². The van der Waals surface area contributed by atoms with Crippen LogP contribution in [0.1, 0.15) is 40.0 Å². The zero-order valence-corrected chi connectivity index (χ0v) is 11.3. The maximum absolute atomic E-state index is 12.3. The molecule has 17 heavy (non-hydrogen) atoms. The summed E-state index contributed by atoms with van der Waals surface area (Å²) in [5.74, 6) is 0.00137. The van der Waals surface area contributed by atoms with Crippen LogP contribution in [0.4, 0.5) is 0 Å². The number of nitrogens with two attached hydrogens (primary N) is 1. The van der Waals surface area contributed by atoms with Crippen LogP contribution in [0.5, 0.6) is 0 Å². The number of rotatable bonds is 3. The van der Waals surface area contributed by atoms with Crippen molar-refractivity contribution in [3.8, 4) is 0 Å². The highest BCUT2D eigenvalue weighted by Crippen LogP contribution is 2.26. The minimum absolute atomic E-state index is 0.105. The van der Waals surface area contributed by atoms with E-state index < -0.39 is 0 Å². The number of hydrogen-bond donors (Lipinski definition) is 2. The first kappa shape index (κ1) is 14.5. The zero-order chi connectivity index (χ0) is 13.1. The molecule has 0 aliphatic carbocycles. The summed E-state index contributed by atoms with van der Waals surface area (Å²) in [5, 5.41) is 9.59. The second-order valence-electron chi connectivity index (χ2n) is 6.28. The maximum atomic E-state index is 12.3. The normalized spacial score (nSPS) is 23.6. The summed E-state index contributed by atoms with van der Waals surface area (Å²) in [6.45, 7) is 7.98. The van der Waals surface area contributed by atoms with E-state index in [9.17, 15) is 9.90 Å². The number of hydrogen-bond acceptors (Lipinski definition) is 3. The number of β-amino-alcohol motifs (C(OH)–C–C–N with tert-alkyl or cyclic N) is 1. The average Bonchev–Trinajstić information content (AvgIpc) is 2.23. The van der Waals surface area contributed by atoms with Crippen molar-refractivity contribution in [3.63, 3.8) is 0 Å². The average molecular weight is 242 g/mol. The minimum atomic E-state index is -0.360. The molecule has 0 spiro atoms. The second-order valence-corrected chi connectivity index (χ2v) is 6.28. The third kappa shape index (κ3) is 4.64. The lowest BCUT2D eigenvalue weighted by Gasteiger charge is -2.34. The Bertz CT molecular complexity index is 261. The van der Waals surface area contributed by atoms with Gasteiger partial charge >= 0.3 is 0 Å². The predicted molar refractivity (Wildman–Crippen MR) is 68.4 cm³/mol. The van der Waals surface area contributed by atoms with Crippen molar-refractivity contribution in [1.82, 2.24) is 4.90 Å². The molecule has 0 aromatic heterocycles. The highest BCUT2D eigenvalue weighted by molar-refractivity contribution is 5.79. The van der Waals surface area contributed by atoms with E-state index in [0.717, 1.165) is 25.8 Å². The van der Waals surface area contributed by atoms with E-state index in [4.69, 9.17) is 5.73 Å². The predicted octanol–water partition coefficient (Wildman–Crippen LogP) is 0.981. The van der Waals surface area contributed by atoms with E-state index in [1.807, 2.05) is 0 Å². The van der Waals surface area contributed by atoms with Crippen molar-refractivity contribution < 1.29 is 9.90 Å². The minimum Gasteiger partial charge on any atom is -0.391 e. The highest BCUT2D eigenvalue weighted by Gasteiger charge is 2.30. The molecule has 0 aromatic carbocycles. The summed E-state index contributed by atoms with van der Waals surface area (Å²) in [5.41, 5.74) is 5.82. The Kier molecular flexibility index (Phi) is 4.95. The van der Waals surface area contributed by atoms with Crippen molar-refractivity contribution in [3.05, 3.63) is 0 Å². The molecule has 1 amide bonds. The topological polar surface area (TPSA) is 66.6 Å². The first-order chi connectivity index (χ1) is 7.83. The van der Waals surface area contributed by atoms with Gasteiger partial charge in [0.2, 0.25) is 5.91 Å². The van der Waals surface area contributed by atoms with Crippen LogP contribution in [0, 0.1) is 11.3 Å². The Morgan fingerprint density at radius 1 is 1.53 bits per heavy atom. The second kappa shape index (κ2) is 5.83. The fourth-order valence-electron chi connectivity index (χ4n) is 2.42. The summed E-state index contributed by atoms with van der Waals surface area (Å²) in [6, 6.07) is 0. The Hall–Kier alpha value is -0.610. The molecule has 1 fully saturated rings. The number of aliphatic hydroxyl groups excluding tert-OH is 1. The molecule has 0 saturated carbocycles. The lowest BCUT2D eigenvalue weighted by atomic mass is 9.84.